The fraction of sp³-hybridized carbons (Fsp3) is 0.533. The number of hydrogen-bond donors (Lipinski definition) is 1. The molecule has 0 amide bonds. The normalized spacial score (nSPS) is 24.7. The van der Waals surface area contributed by atoms with Crippen molar-refractivity contribution in [1.82, 2.24) is 5.32 Å². The highest BCUT2D eigenvalue weighted by atomic mass is 32.2. The summed E-state index contributed by atoms with van der Waals surface area (Å²) < 4.78 is 0.480. The Morgan fingerprint density at radius 1 is 1.37 bits per heavy atom. The number of thioether (sulfide) groups is 2. The molecule has 2 nitrogen and oxygen atoms in total. The number of nitrogens with zero attached hydrogens (tertiary/aromatic N) is 1. The van der Waals surface area contributed by atoms with Gasteiger partial charge in [0.1, 0.15) is 0 Å². The number of amidine groups is 1. The van der Waals surface area contributed by atoms with Crippen LogP contribution in [0.25, 0.3) is 0 Å². The molecule has 0 spiro atoms. The lowest BCUT2D eigenvalue weighted by Crippen LogP contribution is -2.44. The van der Waals surface area contributed by atoms with Gasteiger partial charge in [-0.2, -0.15) is 11.8 Å². The van der Waals surface area contributed by atoms with Crippen molar-refractivity contribution >= 4 is 28.7 Å². The fourth-order valence-electron chi connectivity index (χ4n) is 2.57. The molecule has 1 aliphatic carbocycles. The van der Waals surface area contributed by atoms with Gasteiger partial charge in [-0.1, -0.05) is 48.5 Å². The van der Waals surface area contributed by atoms with E-state index in [4.69, 9.17) is 0 Å². The van der Waals surface area contributed by atoms with Crippen LogP contribution in [-0.4, -0.2) is 29.3 Å². The summed E-state index contributed by atoms with van der Waals surface area (Å²) in [6.45, 7) is 1.98. The van der Waals surface area contributed by atoms with Crippen molar-refractivity contribution in [2.75, 3.05) is 19.3 Å². The average Bonchev–Trinajstić information content (AvgIpc) is 2.88. The molecule has 102 valence electrons. The maximum Gasteiger partial charge on any atom is 0.157 e. The topological polar surface area (TPSA) is 24.4 Å². The standard InChI is InChI=1S/C15H20N2S2/c1-18-15(8-5-9-15)11-17-14-16-10-13(19-14)12-6-3-2-4-7-12/h2-4,6-7,13H,5,8-11H2,1H3,(H,16,17). The Bertz CT molecular complexity index is 449. The summed E-state index contributed by atoms with van der Waals surface area (Å²) in [6, 6.07) is 10.7. The Morgan fingerprint density at radius 3 is 2.79 bits per heavy atom. The minimum absolute atomic E-state index is 0.480. The van der Waals surface area contributed by atoms with E-state index < -0.39 is 0 Å². The smallest absolute Gasteiger partial charge is 0.157 e. The first-order valence-electron chi connectivity index (χ1n) is 6.86. The number of nitrogens with one attached hydrogen (secondary N) is 1. The summed E-state index contributed by atoms with van der Waals surface area (Å²) in [5.74, 6) is 0. The minimum atomic E-state index is 0.480. The van der Waals surface area contributed by atoms with Gasteiger partial charge in [0, 0.05) is 11.3 Å². The molecule has 1 saturated carbocycles. The summed E-state index contributed by atoms with van der Waals surface area (Å²) in [5, 5.41) is 5.20. The zero-order valence-corrected chi connectivity index (χ0v) is 12.9. The van der Waals surface area contributed by atoms with Gasteiger partial charge in [0.25, 0.3) is 0 Å². The molecule has 19 heavy (non-hydrogen) atoms. The summed E-state index contributed by atoms with van der Waals surface area (Å²) >= 11 is 3.89. The van der Waals surface area contributed by atoms with E-state index in [0.717, 1.165) is 18.3 Å². The van der Waals surface area contributed by atoms with Gasteiger partial charge < -0.3 is 5.32 Å². The maximum absolute atomic E-state index is 4.65. The third-order valence-corrected chi connectivity index (χ3v) is 6.71. The summed E-state index contributed by atoms with van der Waals surface area (Å²) in [5.41, 5.74) is 1.39. The Hall–Kier alpha value is -0.610. The van der Waals surface area contributed by atoms with Crippen LogP contribution in [0, 0.1) is 0 Å². The zero-order valence-electron chi connectivity index (χ0n) is 11.3. The van der Waals surface area contributed by atoms with E-state index in [1.54, 1.807) is 0 Å². The first kappa shape index (κ1) is 13.4. The van der Waals surface area contributed by atoms with Crippen molar-refractivity contribution in [2.24, 2.45) is 4.99 Å². The fourth-order valence-corrected chi connectivity index (χ4v) is 4.50. The van der Waals surface area contributed by atoms with Crippen LogP contribution in [0.4, 0.5) is 0 Å². The SMILES string of the molecule is CSC1(CNC2=NCC(c3ccccc3)S2)CCC1. The van der Waals surface area contributed by atoms with Gasteiger partial charge in [0.05, 0.1) is 11.8 Å². The van der Waals surface area contributed by atoms with Gasteiger partial charge in [-0.3, -0.25) is 4.99 Å². The van der Waals surface area contributed by atoms with E-state index in [2.05, 4.69) is 46.9 Å². The molecule has 2 aliphatic rings. The van der Waals surface area contributed by atoms with Crippen LogP contribution < -0.4 is 5.32 Å². The monoisotopic (exact) mass is 292 g/mol. The van der Waals surface area contributed by atoms with Crippen LogP contribution in [0.3, 0.4) is 0 Å². The highest BCUT2D eigenvalue weighted by molar-refractivity contribution is 8.14. The Labute approximate surface area is 123 Å². The highest BCUT2D eigenvalue weighted by Crippen LogP contribution is 2.42. The van der Waals surface area contributed by atoms with E-state index >= 15 is 0 Å². The number of aliphatic imine (C=N–C) groups is 1. The van der Waals surface area contributed by atoms with Crippen LogP contribution in [-0.2, 0) is 0 Å². The van der Waals surface area contributed by atoms with Crippen molar-refractivity contribution in [3.8, 4) is 0 Å². The molecule has 4 heteroatoms. The summed E-state index contributed by atoms with van der Waals surface area (Å²) in [6.07, 6.45) is 6.31. The molecule has 1 heterocycles. The predicted octanol–water partition coefficient (Wildman–Crippen LogP) is 3.71. The predicted molar refractivity (Wildman–Crippen MR) is 87.2 cm³/mol. The van der Waals surface area contributed by atoms with Gasteiger partial charge in [0.15, 0.2) is 5.17 Å². The Balaban J connectivity index is 1.52. The Morgan fingerprint density at radius 2 is 2.16 bits per heavy atom. The zero-order chi connectivity index (χ0) is 13.1. The van der Waals surface area contributed by atoms with E-state index in [-0.39, 0.29) is 0 Å². The van der Waals surface area contributed by atoms with Crippen LogP contribution in [0.1, 0.15) is 30.1 Å². The van der Waals surface area contributed by atoms with Gasteiger partial charge in [-0.25, -0.2) is 0 Å². The van der Waals surface area contributed by atoms with Crippen molar-refractivity contribution in [1.29, 1.82) is 0 Å². The molecule has 3 rings (SSSR count). The van der Waals surface area contributed by atoms with E-state index in [1.165, 1.54) is 24.8 Å². The number of benzene rings is 1. The molecule has 1 N–H and O–H groups in total. The van der Waals surface area contributed by atoms with Gasteiger partial charge >= 0.3 is 0 Å². The molecule has 1 unspecified atom stereocenters. The van der Waals surface area contributed by atoms with E-state index in [0.29, 0.717) is 10.00 Å². The summed E-state index contributed by atoms with van der Waals surface area (Å²) in [7, 11) is 0. The van der Waals surface area contributed by atoms with Crippen LogP contribution >= 0.6 is 23.5 Å². The quantitative estimate of drug-likeness (QED) is 0.915. The average molecular weight is 292 g/mol. The van der Waals surface area contributed by atoms with Gasteiger partial charge in [-0.15, -0.1) is 0 Å². The van der Waals surface area contributed by atoms with Crippen LogP contribution in [0.2, 0.25) is 0 Å². The largest absolute Gasteiger partial charge is 0.364 e. The second-order valence-electron chi connectivity index (χ2n) is 5.26. The molecule has 1 fully saturated rings. The number of rotatable bonds is 4. The first-order valence-corrected chi connectivity index (χ1v) is 8.97. The lowest BCUT2D eigenvalue weighted by Gasteiger charge is -2.40. The minimum Gasteiger partial charge on any atom is -0.364 e. The van der Waals surface area contributed by atoms with Gasteiger partial charge in [-0.05, 0) is 24.7 Å². The molecule has 1 aliphatic heterocycles. The van der Waals surface area contributed by atoms with Crippen LogP contribution in [0.5, 0.6) is 0 Å². The second-order valence-corrected chi connectivity index (χ2v) is 7.72. The van der Waals surface area contributed by atoms with Crippen molar-refractivity contribution in [2.45, 2.75) is 29.3 Å². The molecule has 0 aromatic heterocycles. The molecule has 1 atom stereocenters. The molecule has 0 radical (unpaired) electrons. The molecule has 1 aromatic rings. The molecule has 0 saturated heterocycles. The van der Waals surface area contributed by atoms with Crippen molar-refractivity contribution in [3.05, 3.63) is 35.9 Å². The first-order chi connectivity index (χ1) is 9.31. The van der Waals surface area contributed by atoms with E-state index in [1.807, 2.05) is 23.5 Å². The molecule has 1 aromatic carbocycles. The van der Waals surface area contributed by atoms with E-state index in [9.17, 15) is 0 Å². The van der Waals surface area contributed by atoms with Crippen molar-refractivity contribution < 1.29 is 0 Å². The third kappa shape index (κ3) is 2.95. The lowest BCUT2D eigenvalue weighted by atomic mass is 9.84. The van der Waals surface area contributed by atoms with Gasteiger partial charge in [0.2, 0.25) is 0 Å². The maximum atomic E-state index is 4.65. The van der Waals surface area contributed by atoms with Crippen molar-refractivity contribution in [3.63, 3.8) is 0 Å². The number of hydrogen-bond acceptors (Lipinski definition) is 4. The lowest BCUT2D eigenvalue weighted by molar-refractivity contribution is 0.362. The molecular weight excluding hydrogens is 272 g/mol. The second kappa shape index (κ2) is 5.80. The molecule has 0 bridgehead atoms. The molecular formula is C15H20N2S2. The summed E-state index contributed by atoms with van der Waals surface area (Å²) in [4.78, 5) is 4.65. The highest BCUT2D eigenvalue weighted by Gasteiger charge is 2.36. The Kier molecular flexibility index (Phi) is 4.08. The third-order valence-electron chi connectivity index (χ3n) is 4.09. The van der Waals surface area contributed by atoms with Crippen LogP contribution in [0.15, 0.2) is 35.3 Å².